The van der Waals surface area contributed by atoms with Crippen LogP contribution >= 0.6 is 0 Å². The molecule has 0 saturated carbocycles. The van der Waals surface area contributed by atoms with E-state index in [-0.39, 0.29) is 12.3 Å². The number of nitrogens with zero attached hydrogens (tertiary/aromatic N) is 1. The number of hydrogen-bond donors (Lipinski definition) is 1. The van der Waals surface area contributed by atoms with E-state index in [1.807, 2.05) is 0 Å². The van der Waals surface area contributed by atoms with Crippen molar-refractivity contribution in [1.29, 1.82) is 0 Å². The van der Waals surface area contributed by atoms with Crippen molar-refractivity contribution in [3.63, 3.8) is 0 Å². The average Bonchev–Trinajstić information content (AvgIpc) is 2.40. The fourth-order valence-electron chi connectivity index (χ4n) is 1.54. The standard InChI is InChI=1S/C13H10F3NO4/c14-13(15,16)21-11-3-1-9(2-4-11)20-10-5-7-17(8-6-10)12(18)19/h1-7H,8H2,(H,18,19). The fraction of sp³-hybridized carbons (Fsp3) is 0.154. The fourth-order valence-corrected chi connectivity index (χ4v) is 1.54. The zero-order valence-electron chi connectivity index (χ0n) is 10.5. The number of rotatable bonds is 3. The first-order valence-electron chi connectivity index (χ1n) is 5.75. The highest BCUT2D eigenvalue weighted by atomic mass is 19.4. The van der Waals surface area contributed by atoms with Crippen LogP contribution in [0.4, 0.5) is 18.0 Å². The van der Waals surface area contributed by atoms with Gasteiger partial charge in [0, 0.05) is 6.20 Å². The van der Waals surface area contributed by atoms with E-state index in [4.69, 9.17) is 9.84 Å². The highest BCUT2D eigenvalue weighted by molar-refractivity contribution is 5.67. The zero-order chi connectivity index (χ0) is 15.5. The Morgan fingerprint density at radius 3 is 2.29 bits per heavy atom. The molecule has 0 aliphatic carbocycles. The molecule has 21 heavy (non-hydrogen) atoms. The third-order valence-corrected chi connectivity index (χ3v) is 2.45. The van der Waals surface area contributed by atoms with Crippen molar-refractivity contribution in [2.45, 2.75) is 6.36 Å². The Morgan fingerprint density at radius 2 is 1.81 bits per heavy atom. The molecule has 8 heteroatoms. The molecule has 1 aromatic rings. The first-order valence-corrected chi connectivity index (χ1v) is 5.75. The van der Waals surface area contributed by atoms with Gasteiger partial charge in [-0.05, 0) is 36.4 Å². The highest BCUT2D eigenvalue weighted by Crippen LogP contribution is 2.25. The van der Waals surface area contributed by atoms with E-state index in [0.717, 1.165) is 17.0 Å². The third-order valence-electron chi connectivity index (χ3n) is 2.45. The van der Waals surface area contributed by atoms with Crippen LogP contribution < -0.4 is 9.47 Å². The Bertz CT molecular complexity index is 578. The van der Waals surface area contributed by atoms with Gasteiger partial charge in [0.15, 0.2) is 0 Å². The number of alkyl halides is 3. The van der Waals surface area contributed by atoms with Crippen LogP contribution in [0, 0.1) is 0 Å². The Kier molecular flexibility index (Phi) is 4.06. The summed E-state index contributed by atoms with van der Waals surface area (Å²) in [4.78, 5) is 11.7. The zero-order valence-corrected chi connectivity index (χ0v) is 10.5. The Hall–Kier alpha value is -2.64. The summed E-state index contributed by atoms with van der Waals surface area (Å²) in [6.45, 7) is 0.135. The second kappa shape index (κ2) is 5.78. The number of carbonyl (C=O) groups is 1. The van der Waals surface area contributed by atoms with Crippen LogP contribution in [0.2, 0.25) is 0 Å². The lowest BCUT2D eigenvalue weighted by molar-refractivity contribution is -0.274. The van der Waals surface area contributed by atoms with E-state index in [9.17, 15) is 18.0 Å². The predicted molar refractivity (Wildman–Crippen MR) is 65.7 cm³/mol. The number of hydrogen-bond acceptors (Lipinski definition) is 3. The van der Waals surface area contributed by atoms with Crippen molar-refractivity contribution >= 4 is 6.09 Å². The molecule has 0 radical (unpaired) electrons. The summed E-state index contributed by atoms with van der Waals surface area (Å²) < 4.78 is 45.1. The molecular formula is C13H10F3NO4. The van der Waals surface area contributed by atoms with Crippen LogP contribution in [0.25, 0.3) is 0 Å². The number of carboxylic acid groups (broad SMARTS) is 1. The van der Waals surface area contributed by atoms with Crippen molar-refractivity contribution in [2.24, 2.45) is 0 Å². The summed E-state index contributed by atoms with van der Waals surface area (Å²) >= 11 is 0. The highest BCUT2D eigenvalue weighted by Gasteiger charge is 2.30. The minimum Gasteiger partial charge on any atom is -0.465 e. The summed E-state index contributed by atoms with van der Waals surface area (Å²) in [5, 5.41) is 8.74. The molecule has 0 saturated heterocycles. The predicted octanol–water partition coefficient (Wildman–Crippen LogP) is 3.36. The normalized spacial score (nSPS) is 14.6. The molecule has 1 aromatic carbocycles. The van der Waals surface area contributed by atoms with Crippen molar-refractivity contribution in [1.82, 2.24) is 4.90 Å². The second-order valence-corrected chi connectivity index (χ2v) is 3.98. The molecule has 2 rings (SSSR count). The average molecular weight is 301 g/mol. The minimum absolute atomic E-state index is 0.135. The third kappa shape index (κ3) is 4.44. The quantitative estimate of drug-likeness (QED) is 0.930. The Balaban J connectivity index is 1.96. The summed E-state index contributed by atoms with van der Waals surface area (Å²) in [7, 11) is 0. The molecule has 1 N–H and O–H groups in total. The van der Waals surface area contributed by atoms with E-state index in [1.165, 1.54) is 30.5 Å². The van der Waals surface area contributed by atoms with Gasteiger partial charge in [0.25, 0.3) is 0 Å². The van der Waals surface area contributed by atoms with Crippen LogP contribution in [-0.2, 0) is 0 Å². The maximum atomic E-state index is 12.0. The largest absolute Gasteiger partial charge is 0.573 e. The van der Waals surface area contributed by atoms with Gasteiger partial charge >= 0.3 is 12.5 Å². The molecule has 1 amide bonds. The lowest BCUT2D eigenvalue weighted by Crippen LogP contribution is -2.26. The summed E-state index contributed by atoms with van der Waals surface area (Å²) in [6, 6.07) is 4.89. The summed E-state index contributed by atoms with van der Waals surface area (Å²) in [5.74, 6) is 0.362. The van der Waals surface area contributed by atoms with Gasteiger partial charge in [0.2, 0.25) is 0 Å². The van der Waals surface area contributed by atoms with Gasteiger partial charge in [-0.2, -0.15) is 0 Å². The maximum absolute atomic E-state index is 12.0. The molecule has 1 aliphatic heterocycles. The molecule has 0 aromatic heterocycles. The van der Waals surface area contributed by atoms with Gasteiger partial charge in [0.1, 0.15) is 17.3 Å². The first-order chi connectivity index (χ1) is 9.83. The van der Waals surface area contributed by atoms with Gasteiger partial charge in [0.05, 0.1) is 6.54 Å². The Labute approximate surface area is 117 Å². The van der Waals surface area contributed by atoms with Gasteiger partial charge < -0.3 is 14.6 Å². The number of allylic oxidation sites excluding steroid dienone is 1. The van der Waals surface area contributed by atoms with Crippen LogP contribution in [0.3, 0.4) is 0 Å². The second-order valence-electron chi connectivity index (χ2n) is 3.98. The van der Waals surface area contributed by atoms with E-state index in [2.05, 4.69) is 4.74 Å². The molecule has 0 bridgehead atoms. The lowest BCUT2D eigenvalue weighted by atomic mass is 10.3. The molecule has 0 fully saturated rings. The smallest absolute Gasteiger partial charge is 0.465 e. The molecule has 5 nitrogen and oxygen atoms in total. The molecule has 0 unspecified atom stereocenters. The number of halogens is 3. The van der Waals surface area contributed by atoms with Gasteiger partial charge in [-0.15, -0.1) is 13.2 Å². The van der Waals surface area contributed by atoms with Crippen LogP contribution in [-0.4, -0.2) is 29.0 Å². The molecule has 0 spiro atoms. The molecular weight excluding hydrogens is 291 g/mol. The number of benzene rings is 1. The van der Waals surface area contributed by atoms with Crippen molar-refractivity contribution in [3.05, 3.63) is 48.4 Å². The topological polar surface area (TPSA) is 59.0 Å². The first kappa shape index (κ1) is 14.8. The molecule has 1 aliphatic rings. The van der Waals surface area contributed by atoms with Gasteiger partial charge in [-0.3, -0.25) is 4.90 Å². The van der Waals surface area contributed by atoms with E-state index in [1.54, 1.807) is 0 Å². The van der Waals surface area contributed by atoms with Crippen LogP contribution in [0.5, 0.6) is 11.5 Å². The van der Waals surface area contributed by atoms with Crippen LogP contribution in [0.15, 0.2) is 48.4 Å². The Morgan fingerprint density at radius 1 is 1.19 bits per heavy atom. The van der Waals surface area contributed by atoms with E-state index in [0.29, 0.717) is 11.5 Å². The minimum atomic E-state index is -4.74. The number of ether oxygens (including phenoxy) is 2. The van der Waals surface area contributed by atoms with Gasteiger partial charge in [-0.25, -0.2) is 4.79 Å². The number of amides is 1. The van der Waals surface area contributed by atoms with Gasteiger partial charge in [-0.1, -0.05) is 0 Å². The monoisotopic (exact) mass is 301 g/mol. The summed E-state index contributed by atoms with van der Waals surface area (Å²) in [6.07, 6.45) is -1.52. The summed E-state index contributed by atoms with van der Waals surface area (Å²) in [5.41, 5.74) is 0. The van der Waals surface area contributed by atoms with Crippen molar-refractivity contribution in [2.75, 3.05) is 6.54 Å². The maximum Gasteiger partial charge on any atom is 0.573 e. The molecule has 0 atom stereocenters. The van der Waals surface area contributed by atoms with E-state index < -0.39 is 12.5 Å². The molecule has 112 valence electrons. The lowest BCUT2D eigenvalue weighted by Gasteiger charge is -2.17. The SMILES string of the molecule is O=C(O)N1C=CC(Oc2ccc(OC(F)(F)F)cc2)=CC1. The molecule has 1 heterocycles. The van der Waals surface area contributed by atoms with Crippen LogP contribution in [0.1, 0.15) is 0 Å². The van der Waals surface area contributed by atoms with E-state index >= 15 is 0 Å². The van der Waals surface area contributed by atoms with Crippen molar-refractivity contribution in [3.8, 4) is 11.5 Å². The van der Waals surface area contributed by atoms with Crippen molar-refractivity contribution < 1.29 is 32.5 Å².